The molecular formula is C13H15N3O2. The van der Waals surface area contributed by atoms with Gasteiger partial charge < -0.3 is 10.6 Å². The number of hydrogen-bond acceptors (Lipinski definition) is 3. The Kier molecular flexibility index (Phi) is 2.47. The molecule has 1 unspecified atom stereocenters. The Balaban J connectivity index is 1.97. The van der Waals surface area contributed by atoms with Crippen LogP contribution in [-0.4, -0.2) is 29.4 Å². The van der Waals surface area contributed by atoms with E-state index in [0.717, 1.165) is 19.3 Å². The summed E-state index contributed by atoms with van der Waals surface area (Å²) >= 11 is 0. The third kappa shape index (κ3) is 1.54. The molecule has 1 atom stereocenters. The number of urea groups is 1. The maximum absolute atomic E-state index is 12.3. The van der Waals surface area contributed by atoms with E-state index in [9.17, 15) is 9.59 Å². The maximum atomic E-state index is 12.3. The van der Waals surface area contributed by atoms with Gasteiger partial charge in [-0.3, -0.25) is 4.79 Å². The summed E-state index contributed by atoms with van der Waals surface area (Å²) in [6, 6.07) is 6.41. The van der Waals surface area contributed by atoms with Crippen LogP contribution in [0.3, 0.4) is 0 Å². The van der Waals surface area contributed by atoms with Gasteiger partial charge in [0.05, 0.1) is 5.69 Å². The Morgan fingerprint density at radius 3 is 2.78 bits per heavy atom. The van der Waals surface area contributed by atoms with Crippen molar-refractivity contribution in [1.82, 2.24) is 4.90 Å². The van der Waals surface area contributed by atoms with E-state index in [1.54, 1.807) is 29.2 Å². The van der Waals surface area contributed by atoms with Crippen LogP contribution >= 0.6 is 0 Å². The van der Waals surface area contributed by atoms with Crippen molar-refractivity contribution in [3.8, 4) is 0 Å². The zero-order valence-corrected chi connectivity index (χ0v) is 10.0. The number of hydrogen-bond donors (Lipinski definition) is 1. The molecule has 0 aromatic heterocycles. The third-order valence-corrected chi connectivity index (χ3v) is 3.57. The number of rotatable bonds is 1. The van der Waals surface area contributed by atoms with Crippen LogP contribution in [0.2, 0.25) is 0 Å². The number of anilines is 2. The second kappa shape index (κ2) is 4.01. The second-order valence-electron chi connectivity index (χ2n) is 4.76. The monoisotopic (exact) mass is 245 g/mol. The van der Waals surface area contributed by atoms with Crippen LogP contribution in [0.1, 0.15) is 19.3 Å². The van der Waals surface area contributed by atoms with Gasteiger partial charge in [-0.05, 0) is 37.5 Å². The van der Waals surface area contributed by atoms with Crippen molar-refractivity contribution >= 4 is 23.3 Å². The highest BCUT2D eigenvalue weighted by Gasteiger charge is 2.46. The molecule has 0 spiro atoms. The minimum Gasteiger partial charge on any atom is -0.399 e. The summed E-state index contributed by atoms with van der Waals surface area (Å²) in [4.78, 5) is 27.5. The topological polar surface area (TPSA) is 66.6 Å². The Morgan fingerprint density at radius 2 is 2.06 bits per heavy atom. The molecule has 2 saturated heterocycles. The molecule has 5 nitrogen and oxygen atoms in total. The molecular weight excluding hydrogens is 230 g/mol. The highest BCUT2D eigenvalue weighted by atomic mass is 16.2. The van der Waals surface area contributed by atoms with Gasteiger partial charge in [0.2, 0.25) is 0 Å². The Bertz CT molecular complexity index is 491. The number of nitrogens with zero attached hydrogens (tertiary/aromatic N) is 2. The first kappa shape index (κ1) is 11.1. The van der Waals surface area contributed by atoms with Crippen LogP contribution in [0.4, 0.5) is 16.2 Å². The van der Waals surface area contributed by atoms with Gasteiger partial charge in [-0.2, -0.15) is 0 Å². The molecule has 2 N–H and O–H groups in total. The molecule has 3 rings (SSSR count). The molecule has 0 saturated carbocycles. The molecule has 5 heteroatoms. The van der Waals surface area contributed by atoms with Gasteiger partial charge in [-0.15, -0.1) is 0 Å². The molecule has 1 aromatic rings. The summed E-state index contributed by atoms with van der Waals surface area (Å²) in [5, 5.41) is 0. The van der Waals surface area contributed by atoms with Crippen molar-refractivity contribution < 1.29 is 9.59 Å². The highest BCUT2D eigenvalue weighted by Crippen LogP contribution is 2.31. The zero-order valence-electron chi connectivity index (χ0n) is 10.0. The number of imide groups is 1. The standard InChI is InChI=1S/C13H15N3O2/c14-9-4-3-5-10(8-9)16-12(17)11-6-1-2-7-15(11)13(16)18/h3-5,8,11H,1-2,6-7,14H2. The van der Waals surface area contributed by atoms with Crippen molar-refractivity contribution in [2.75, 3.05) is 17.2 Å². The molecule has 2 aliphatic rings. The van der Waals surface area contributed by atoms with Crippen molar-refractivity contribution in [2.45, 2.75) is 25.3 Å². The molecule has 18 heavy (non-hydrogen) atoms. The Labute approximate surface area is 105 Å². The molecule has 1 aromatic carbocycles. The van der Waals surface area contributed by atoms with Crippen LogP contribution in [-0.2, 0) is 4.79 Å². The van der Waals surface area contributed by atoms with Crippen molar-refractivity contribution in [1.29, 1.82) is 0 Å². The molecule has 0 bridgehead atoms. The lowest BCUT2D eigenvalue weighted by Gasteiger charge is -2.25. The number of carbonyl (C=O) groups is 2. The number of fused-ring (bicyclic) bond motifs is 1. The van der Waals surface area contributed by atoms with Crippen molar-refractivity contribution in [3.63, 3.8) is 0 Å². The first-order valence-corrected chi connectivity index (χ1v) is 6.18. The van der Waals surface area contributed by atoms with Gasteiger partial charge in [-0.1, -0.05) is 6.07 Å². The van der Waals surface area contributed by atoms with Crippen LogP contribution in [0, 0.1) is 0 Å². The quantitative estimate of drug-likeness (QED) is 0.603. The van der Waals surface area contributed by atoms with Crippen molar-refractivity contribution in [3.05, 3.63) is 24.3 Å². The molecule has 2 aliphatic heterocycles. The number of nitrogens with two attached hydrogens (primary N) is 1. The maximum Gasteiger partial charge on any atom is 0.332 e. The van der Waals surface area contributed by atoms with E-state index in [1.165, 1.54) is 4.90 Å². The van der Waals surface area contributed by atoms with Gasteiger partial charge in [0.1, 0.15) is 6.04 Å². The first-order chi connectivity index (χ1) is 8.68. The van der Waals surface area contributed by atoms with Gasteiger partial charge in [0, 0.05) is 12.2 Å². The lowest BCUT2D eigenvalue weighted by Crippen LogP contribution is -2.39. The summed E-state index contributed by atoms with van der Waals surface area (Å²) in [7, 11) is 0. The molecule has 2 fully saturated rings. The average Bonchev–Trinajstić information content (AvgIpc) is 2.63. The molecule has 94 valence electrons. The van der Waals surface area contributed by atoms with Crippen LogP contribution in [0.25, 0.3) is 0 Å². The molecule has 0 aliphatic carbocycles. The van der Waals surface area contributed by atoms with E-state index in [-0.39, 0.29) is 18.0 Å². The average molecular weight is 245 g/mol. The summed E-state index contributed by atoms with van der Waals surface area (Å²) in [6.07, 6.45) is 2.74. The van der Waals surface area contributed by atoms with Crippen LogP contribution < -0.4 is 10.6 Å². The highest BCUT2D eigenvalue weighted by molar-refractivity contribution is 6.21. The van der Waals surface area contributed by atoms with E-state index in [2.05, 4.69) is 0 Å². The Hall–Kier alpha value is -2.04. The first-order valence-electron chi connectivity index (χ1n) is 6.18. The predicted octanol–water partition coefficient (Wildman–Crippen LogP) is 1.59. The lowest BCUT2D eigenvalue weighted by molar-refractivity contribution is -0.120. The fourth-order valence-electron chi connectivity index (χ4n) is 2.69. The van der Waals surface area contributed by atoms with Gasteiger partial charge >= 0.3 is 6.03 Å². The third-order valence-electron chi connectivity index (χ3n) is 3.57. The fourth-order valence-corrected chi connectivity index (χ4v) is 2.69. The number of nitrogen functional groups attached to an aromatic ring is 1. The summed E-state index contributed by atoms with van der Waals surface area (Å²) < 4.78 is 0. The number of amides is 3. The van der Waals surface area contributed by atoms with E-state index < -0.39 is 0 Å². The van der Waals surface area contributed by atoms with E-state index in [4.69, 9.17) is 5.73 Å². The smallest absolute Gasteiger partial charge is 0.332 e. The normalized spacial score (nSPS) is 23.4. The number of carbonyl (C=O) groups excluding carboxylic acids is 2. The Morgan fingerprint density at radius 1 is 1.22 bits per heavy atom. The number of benzene rings is 1. The molecule has 0 radical (unpaired) electrons. The van der Waals surface area contributed by atoms with Crippen LogP contribution in [0.5, 0.6) is 0 Å². The second-order valence-corrected chi connectivity index (χ2v) is 4.76. The van der Waals surface area contributed by atoms with Crippen molar-refractivity contribution in [2.24, 2.45) is 0 Å². The molecule has 3 amide bonds. The van der Waals surface area contributed by atoms with E-state index in [1.807, 2.05) is 0 Å². The predicted molar refractivity (Wildman–Crippen MR) is 68.1 cm³/mol. The number of piperidine rings is 1. The summed E-state index contributed by atoms with van der Waals surface area (Å²) in [5.41, 5.74) is 6.82. The van der Waals surface area contributed by atoms with Gasteiger partial charge in [0.15, 0.2) is 0 Å². The van der Waals surface area contributed by atoms with E-state index >= 15 is 0 Å². The molecule has 2 heterocycles. The SMILES string of the molecule is Nc1cccc(N2C(=O)C3CCCCN3C2=O)c1. The van der Waals surface area contributed by atoms with Gasteiger partial charge in [-0.25, -0.2) is 9.69 Å². The minimum atomic E-state index is -0.271. The zero-order chi connectivity index (χ0) is 12.7. The van der Waals surface area contributed by atoms with Crippen LogP contribution in [0.15, 0.2) is 24.3 Å². The summed E-state index contributed by atoms with van der Waals surface area (Å²) in [5.74, 6) is -0.120. The fraction of sp³-hybridized carbons (Fsp3) is 0.385. The lowest BCUT2D eigenvalue weighted by atomic mass is 10.0. The summed E-state index contributed by atoms with van der Waals surface area (Å²) in [6.45, 7) is 0.675. The van der Waals surface area contributed by atoms with Gasteiger partial charge in [0.25, 0.3) is 5.91 Å². The largest absolute Gasteiger partial charge is 0.399 e. The minimum absolute atomic E-state index is 0.120. The van der Waals surface area contributed by atoms with E-state index in [0.29, 0.717) is 17.9 Å².